The Morgan fingerprint density at radius 3 is 2.84 bits per heavy atom. The third-order valence-electron chi connectivity index (χ3n) is 6.18. The number of hydrogen-bond acceptors (Lipinski definition) is 5. The predicted octanol–water partition coefficient (Wildman–Crippen LogP) is 5.90. The van der Waals surface area contributed by atoms with Crippen molar-refractivity contribution >= 4 is 40.8 Å². The van der Waals surface area contributed by atoms with Crippen LogP contribution in [0.4, 0.5) is 11.5 Å². The number of carbonyl (C=O) groups is 1. The van der Waals surface area contributed by atoms with Crippen LogP contribution < -0.4 is 10.2 Å². The monoisotopic (exact) mass is 459 g/mol. The third kappa shape index (κ3) is 4.86. The second-order valence-electron chi connectivity index (χ2n) is 8.43. The summed E-state index contributed by atoms with van der Waals surface area (Å²) in [5, 5.41) is 3.71. The second-order valence-corrected chi connectivity index (χ2v) is 9.69. The minimum absolute atomic E-state index is 0.0848. The lowest BCUT2D eigenvalue weighted by molar-refractivity contribution is 0.0820. The van der Waals surface area contributed by atoms with Crippen molar-refractivity contribution in [1.82, 2.24) is 4.98 Å². The summed E-state index contributed by atoms with van der Waals surface area (Å²) in [6.45, 7) is 6.26. The van der Waals surface area contributed by atoms with Gasteiger partial charge in [-0.25, -0.2) is 4.98 Å². The SMILES string of the molecule is CSc1cccc(NC(=O)c2c(N3CCCOC(C)C3)nc(C3CCC3)c(Cl)c2C)c1. The molecular formula is C24H30ClN3O2S. The number of hydrogen-bond donors (Lipinski definition) is 1. The summed E-state index contributed by atoms with van der Waals surface area (Å²) in [6.07, 6.45) is 6.44. The second kappa shape index (κ2) is 9.80. The van der Waals surface area contributed by atoms with Crippen LogP contribution in [0.5, 0.6) is 0 Å². The molecule has 0 spiro atoms. The topological polar surface area (TPSA) is 54.5 Å². The fraction of sp³-hybridized carbons (Fsp3) is 0.500. The molecule has 0 bridgehead atoms. The van der Waals surface area contributed by atoms with Crippen LogP contribution in [0.3, 0.4) is 0 Å². The number of rotatable bonds is 5. The van der Waals surface area contributed by atoms with Gasteiger partial charge in [0.15, 0.2) is 0 Å². The van der Waals surface area contributed by atoms with Crippen molar-refractivity contribution in [2.45, 2.75) is 56.4 Å². The molecule has 166 valence electrons. The van der Waals surface area contributed by atoms with Gasteiger partial charge in [-0.15, -0.1) is 11.8 Å². The number of nitrogens with zero attached hydrogens (tertiary/aromatic N) is 2. The van der Waals surface area contributed by atoms with Gasteiger partial charge < -0.3 is 15.0 Å². The highest BCUT2D eigenvalue weighted by Crippen LogP contribution is 2.42. The molecule has 5 nitrogen and oxygen atoms in total. The van der Waals surface area contributed by atoms with E-state index < -0.39 is 0 Å². The van der Waals surface area contributed by atoms with Gasteiger partial charge in [-0.3, -0.25) is 4.79 Å². The van der Waals surface area contributed by atoms with Crippen molar-refractivity contribution < 1.29 is 9.53 Å². The van der Waals surface area contributed by atoms with Crippen LogP contribution in [0, 0.1) is 6.92 Å². The minimum atomic E-state index is -0.168. The molecule has 1 saturated carbocycles. The fourth-order valence-corrected chi connectivity index (χ4v) is 4.97. The predicted molar refractivity (Wildman–Crippen MR) is 129 cm³/mol. The van der Waals surface area contributed by atoms with Crippen molar-refractivity contribution in [3.63, 3.8) is 0 Å². The maximum absolute atomic E-state index is 13.5. The Kier molecular flexibility index (Phi) is 7.09. The van der Waals surface area contributed by atoms with Gasteiger partial charge in [0.2, 0.25) is 0 Å². The quantitative estimate of drug-likeness (QED) is 0.564. The zero-order valence-electron chi connectivity index (χ0n) is 18.4. The molecule has 1 aromatic carbocycles. The summed E-state index contributed by atoms with van der Waals surface area (Å²) in [6, 6.07) is 7.87. The van der Waals surface area contributed by atoms with E-state index in [0.717, 1.165) is 60.1 Å². The van der Waals surface area contributed by atoms with Gasteiger partial charge in [-0.2, -0.15) is 0 Å². The first-order valence-corrected chi connectivity index (χ1v) is 12.6. The van der Waals surface area contributed by atoms with Crippen LogP contribution in [0.15, 0.2) is 29.2 Å². The molecule has 2 fully saturated rings. The van der Waals surface area contributed by atoms with Crippen LogP contribution in [-0.4, -0.2) is 42.9 Å². The zero-order chi connectivity index (χ0) is 22.0. The highest BCUT2D eigenvalue weighted by Gasteiger charge is 2.31. The van der Waals surface area contributed by atoms with E-state index in [1.807, 2.05) is 37.4 Å². The van der Waals surface area contributed by atoms with E-state index in [1.165, 1.54) is 6.42 Å². The molecule has 1 aliphatic carbocycles. The average molecular weight is 460 g/mol. The van der Waals surface area contributed by atoms with Gasteiger partial charge in [0.25, 0.3) is 5.91 Å². The number of aromatic nitrogens is 1. The number of anilines is 2. The molecule has 1 N–H and O–H groups in total. The van der Waals surface area contributed by atoms with Crippen LogP contribution in [0.1, 0.15) is 60.1 Å². The van der Waals surface area contributed by atoms with E-state index in [0.29, 0.717) is 23.0 Å². The van der Waals surface area contributed by atoms with Crippen molar-refractivity contribution in [2.75, 3.05) is 36.2 Å². The van der Waals surface area contributed by atoms with Gasteiger partial charge in [0.05, 0.1) is 22.4 Å². The average Bonchev–Trinajstić information content (AvgIpc) is 2.94. The van der Waals surface area contributed by atoms with E-state index in [9.17, 15) is 4.79 Å². The van der Waals surface area contributed by atoms with Gasteiger partial charge in [0.1, 0.15) is 5.82 Å². The zero-order valence-corrected chi connectivity index (χ0v) is 20.0. The standard InChI is InChI=1S/C24H30ClN3O2S/c1-15-14-28(11-6-12-30-15)23-20(16(2)21(25)22(27-23)17-7-4-8-17)24(29)26-18-9-5-10-19(13-18)31-3/h5,9-10,13,15,17H,4,6-8,11-12,14H2,1-3H3,(H,26,29). The largest absolute Gasteiger partial charge is 0.377 e. The van der Waals surface area contributed by atoms with Crippen LogP contribution in [0.2, 0.25) is 5.02 Å². The normalized spacial score (nSPS) is 19.6. The Bertz CT molecular complexity index is 964. The molecule has 7 heteroatoms. The number of benzene rings is 1. The van der Waals surface area contributed by atoms with E-state index in [-0.39, 0.29) is 12.0 Å². The number of ether oxygens (including phenoxy) is 1. The van der Waals surface area contributed by atoms with Crippen LogP contribution >= 0.6 is 23.4 Å². The van der Waals surface area contributed by atoms with Crippen molar-refractivity contribution in [3.8, 4) is 0 Å². The maximum atomic E-state index is 13.5. The molecule has 2 heterocycles. The number of halogens is 1. The third-order valence-corrected chi connectivity index (χ3v) is 7.38. The first-order valence-electron chi connectivity index (χ1n) is 11.0. The van der Waals surface area contributed by atoms with Gasteiger partial charge in [0, 0.05) is 36.2 Å². The summed E-state index contributed by atoms with van der Waals surface area (Å²) in [4.78, 5) is 21.8. The summed E-state index contributed by atoms with van der Waals surface area (Å²) in [5.74, 6) is 0.957. The summed E-state index contributed by atoms with van der Waals surface area (Å²) < 4.78 is 5.84. The Hall–Kier alpha value is -1.76. The fourth-order valence-electron chi connectivity index (χ4n) is 4.22. The van der Waals surface area contributed by atoms with Crippen molar-refractivity contribution in [1.29, 1.82) is 0 Å². The van der Waals surface area contributed by atoms with Crippen LogP contribution in [-0.2, 0) is 4.74 Å². The number of carbonyl (C=O) groups excluding carboxylic acids is 1. The highest BCUT2D eigenvalue weighted by molar-refractivity contribution is 7.98. The highest BCUT2D eigenvalue weighted by atomic mass is 35.5. The first-order chi connectivity index (χ1) is 15.0. The van der Waals surface area contributed by atoms with Crippen molar-refractivity contribution in [3.05, 3.63) is 46.1 Å². The summed E-state index contributed by atoms with van der Waals surface area (Å²) >= 11 is 8.43. The van der Waals surface area contributed by atoms with Crippen LogP contribution in [0.25, 0.3) is 0 Å². The minimum Gasteiger partial charge on any atom is -0.377 e. The Morgan fingerprint density at radius 1 is 1.32 bits per heavy atom. The smallest absolute Gasteiger partial charge is 0.259 e. The number of pyridine rings is 1. The molecule has 0 radical (unpaired) electrons. The number of thioether (sulfide) groups is 1. The Labute approximate surface area is 193 Å². The molecule has 4 rings (SSSR count). The van der Waals surface area contributed by atoms with E-state index in [2.05, 4.69) is 17.1 Å². The first kappa shape index (κ1) is 22.4. The van der Waals surface area contributed by atoms with E-state index in [1.54, 1.807) is 11.8 Å². The maximum Gasteiger partial charge on any atom is 0.259 e. The lowest BCUT2D eigenvalue weighted by Gasteiger charge is -2.31. The molecular weight excluding hydrogens is 430 g/mol. The van der Waals surface area contributed by atoms with Crippen molar-refractivity contribution in [2.24, 2.45) is 0 Å². The lowest BCUT2D eigenvalue weighted by Crippen LogP contribution is -2.34. The number of amides is 1. The van der Waals surface area contributed by atoms with Gasteiger partial charge in [-0.05, 0) is 63.1 Å². The molecule has 2 aromatic rings. The van der Waals surface area contributed by atoms with Gasteiger partial charge >= 0.3 is 0 Å². The Morgan fingerprint density at radius 2 is 2.13 bits per heavy atom. The lowest BCUT2D eigenvalue weighted by atomic mass is 9.82. The van der Waals surface area contributed by atoms with E-state index in [4.69, 9.17) is 21.3 Å². The van der Waals surface area contributed by atoms with Gasteiger partial charge in [-0.1, -0.05) is 24.1 Å². The molecule has 1 atom stereocenters. The Balaban J connectivity index is 1.75. The van der Waals surface area contributed by atoms with E-state index >= 15 is 0 Å². The molecule has 1 unspecified atom stereocenters. The molecule has 1 aromatic heterocycles. The molecule has 31 heavy (non-hydrogen) atoms. The summed E-state index contributed by atoms with van der Waals surface area (Å²) in [7, 11) is 0. The molecule has 1 amide bonds. The summed E-state index contributed by atoms with van der Waals surface area (Å²) in [5.41, 5.74) is 3.09. The number of nitrogens with one attached hydrogen (secondary N) is 1. The molecule has 1 saturated heterocycles. The molecule has 2 aliphatic rings. The molecule has 1 aliphatic heterocycles.